The van der Waals surface area contributed by atoms with Crippen LogP contribution in [0.3, 0.4) is 0 Å². The van der Waals surface area contributed by atoms with Gasteiger partial charge in [0.15, 0.2) is 0 Å². The van der Waals surface area contributed by atoms with E-state index in [0.29, 0.717) is 0 Å². The van der Waals surface area contributed by atoms with Gasteiger partial charge >= 0.3 is 0 Å². The second-order valence-corrected chi connectivity index (χ2v) is 3.77. The fourth-order valence-corrected chi connectivity index (χ4v) is 1.50. The summed E-state index contributed by atoms with van der Waals surface area (Å²) in [4.78, 5) is 2.28. The normalized spacial score (nSPS) is 8.43. The Morgan fingerprint density at radius 1 is 1.24 bits per heavy atom. The fraction of sp³-hybridized carbons (Fsp3) is 0.529. The Kier molecular flexibility index (Phi) is 21.9. The largest absolute Gasteiger partial charge is 0.400 e. The second kappa shape index (κ2) is 18.6. The first kappa shape index (κ1) is 24.6. The van der Waals surface area contributed by atoms with Gasteiger partial charge in [0, 0.05) is 19.3 Å². The van der Waals surface area contributed by atoms with Crippen molar-refractivity contribution in [2.24, 2.45) is 5.73 Å². The second-order valence-electron chi connectivity index (χ2n) is 3.77. The third-order valence-electron chi connectivity index (χ3n) is 2.75. The standard InChI is InChI=1S/C13H20N2.C2H6.CH5N.CH4O/c1-4-11-7-6-8-12(13(11)14)9-10-15(3)5-2;3*1-2/h4,6-8H,1,5,9-10,14H2,2-3H3;1-2H3;2H2,1H3;2H,1H3. The molecular formula is C17H35N3O. The zero-order valence-corrected chi connectivity index (χ0v) is 14.7. The lowest BCUT2D eigenvalue weighted by Crippen LogP contribution is -2.20. The summed E-state index contributed by atoms with van der Waals surface area (Å²) in [7, 11) is 4.62. The van der Waals surface area contributed by atoms with Gasteiger partial charge in [-0.25, -0.2) is 0 Å². The minimum absolute atomic E-state index is 0.872. The number of benzene rings is 1. The highest BCUT2D eigenvalue weighted by molar-refractivity contribution is 5.66. The van der Waals surface area contributed by atoms with Crippen molar-refractivity contribution in [3.8, 4) is 0 Å². The zero-order chi connectivity index (χ0) is 17.3. The Hall–Kier alpha value is -1.36. The number of likely N-dealkylation sites (N-methyl/N-ethyl adjacent to an activating group) is 1. The van der Waals surface area contributed by atoms with Crippen molar-refractivity contribution in [1.82, 2.24) is 4.90 Å². The summed E-state index contributed by atoms with van der Waals surface area (Å²) < 4.78 is 0. The van der Waals surface area contributed by atoms with Crippen molar-refractivity contribution in [2.45, 2.75) is 27.2 Å². The van der Waals surface area contributed by atoms with Crippen molar-refractivity contribution in [3.63, 3.8) is 0 Å². The molecular weight excluding hydrogens is 262 g/mol. The van der Waals surface area contributed by atoms with E-state index in [2.05, 4.69) is 37.3 Å². The molecule has 1 aromatic carbocycles. The number of aliphatic hydroxyl groups is 1. The van der Waals surface area contributed by atoms with Crippen LogP contribution in [0, 0.1) is 0 Å². The first-order valence-corrected chi connectivity index (χ1v) is 7.39. The minimum Gasteiger partial charge on any atom is -0.400 e. The molecule has 0 amide bonds. The minimum atomic E-state index is 0.872. The highest BCUT2D eigenvalue weighted by Gasteiger charge is 2.03. The van der Waals surface area contributed by atoms with E-state index in [4.69, 9.17) is 10.8 Å². The number of nitrogen functional groups attached to an aromatic ring is 1. The van der Waals surface area contributed by atoms with Gasteiger partial charge in [-0.15, -0.1) is 0 Å². The summed E-state index contributed by atoms with van der Waals surface area (Å²) >= 11 is 0. The maximum atomic E-state index is 7.00. The van der Waals surface area contributed by atoms with Crippen LogP contribution in [0.15, 0.2) is 24.8 Å². The van der Waals surface area contributed by atoms with Crippen LogP contribution in [0.25, 0.3) is 6.08 Å². The molecule has 0 aliphatic rings. The molecule has 0 aromatic heterocycles. The average molecular weight is 297 g/mol. The number of rotatable bonds is 5. The molecule has 0 radical (unpaired) electrons. The van der Waals surface area contributed by atoms with E-state index in [0.717, 1.165) is 37.9 Å². The van der Waals surface area contributed by atoms with Gasteiger partial charge in [0.25, 0.3) is 0 Å². The molecule has 0 saturated carbocycles. The summed E-state index contributed by atoms with van der Waals surface area (Å²) in [5, 5.41) is 7.00. The monoisotopic (exact) mass is 297 g/mol. The molecule has 124 valence electrons. The Morgan fingerprint density at radius 3 is 2.19 bits per heavy atom. The smallest absolute Gasteiger partial charge is 0.0420 e. The van der Waals surface area contributed by atoms with Gasteiger partial charge in [-0.2, -0.15) is 0 Å². The summed E-state index contributed by atoms with van der Waals surface area (Å²) in [6.07, 6.45) is 2.81. The van der Waals surface area contributed by atoms with Crippen LogP contribution in [-0.2, 0) is 6.42 Å². The highest BCUT2D eigenvalue weighted by Crippen LogP contribution is 2.19. The van der Waals surface area contributed by atoms with Crippen molar-refractivity contribution in [2.75, 3.05) is 40.0 Å². The van der Waals surface area contributed by atoms with E-state index < -0.39 is 0 Å². The molecule has 5 N–H and O–H groups in total. The Labute approximate surface area is 131 Å². The number of aliphatic hydroxyl groups excluding tert-OH is 1. The molecule has 0 fully saturated rings. The average Bonchev–Trinajstić information content (AvgIpc) is 2.59. The number of hydrogen-bond donors (Lipinski definition) is 3. The Bertz CT molecular complexity index is 341. The van der Waals surface area contributed by atoms with Crippen LogP contribution in [0.1, 0.15) is 31.9 Å². The third kappa shape index (κ3) is 11.0. The molecule has 0 spiro atoms. The van der Waals surface area contributed by atoms with Gasteiger partial charge in [0.2, 0.25) is 0 Å². The topological polar surface area (TPSA) is 75.5 Å². The predicted molar refractivity (Wildman–Crippen MR) is 97.4 cm³/mol. The lowest BCUT2D eigenvalue weighted by Gasteiger charge is -2.15. The van der Waals surface area contributed by atoms with Gasteiger partial charge < -0.3 is 21.5 Å². The lowest BCUT2D eigenvalue weighted by molar-refractivity contribution is 0.358. The van der Waals surface area contributed by atoms with Gasteiger partial charge in [-0.05, 0) is 38.2 Å². The number of nitrogens with two attached hydrogens (primary N) is 2. The van der Waals surface area contributed by atoms with Gasteiger partial charge in [0.05, 0.1) is 0 Å². The van der Waals surface area contributed by atoms with E-state index in [1.807, 2.05) is 32.1 Å². The number of hydrogen-bond acceptors (Lipinski definition) is 4. The summed E-state index contributed by atoms with van der Waals surface area (Å²) in [5.41, 5.74) is 13.7. The Balaban J connectivity index is -0.000000478. The number of anilines is 1. The van der Waals surface area contributed by atoms with Crippen LogP contribution in [0.2, 0.25) is 0 Å². The molecule has 4 heteroatoms. The first-order valence-electron chi connectivity index (χ1n) is 7.39. The molecule has 4 nitrogen and oxygen atoms in total. The Morgan fingerprint density at radius 2 is 1.76 bits per heavy atom. The van der Waals surface area contributed by atoms with Gasteiger partial charge in [-0.1, -0.05) is 51.6 Å². The van der Waals surface area contributed by atoms with Crippen LogP contribution < -0.4 is 11.5 Å². The summed E-state index contributed by atoms with van der Waals surface area (Å²) in [6, 6.07) is 6.12. The van der Waals surface area contributed by atoms with Crippen LogP contribution >= 0.6 is 0 Å². The molecule has 0 unspecified atom stereocenters. The zero-order valence-electron chi connectivity index (χ0n) is 14.7. The quantitative estimate of drug-likeness (QED) is 0.730. The lowest BCUT2D eigenvalue weighted by atomic mass is 10.0. The molecule has 0 atom stereocenters. The first-order chi connectivity index (χ1) is 10.2. The maximum absolute atomic E-state index is 7.00. The van der Waals surface area contributed by atoms with Crippen LogP contribution in [0.5, 0.6) is 0 Å². The van der Waals surface area contributed by atoms with E-state index in [1.165, 1.54) is 12.6 Å². The van der Waals surface area contributed by atoms with Crippen molar-refractivity contribution >= 4 is 11.8 Å². The SMILES string of the molecule is C=Cc1cccc(CCN(C)CC)c1N.CC.CN.CO. The van der Waals surface area contributed by atoms with Crippen LogP contribution in [-0.4, -0.2) is 44.3 Å². The van der Waals surface area contributed by atoms with Gasteiger partial charge in [0.1, 0.15) is 0 Å². The number of nitrogens with zero attached hydrogens (tertiary/aromatic N) is 1. The highest BCUT2D eigenvalue weighted by atomic mass is 16.2. The van der Waals surface area contributed by atoms with Gasteiger partial charge in [-0.3, -0.25) is 0 Å². The van der Waals surface area contributed by atoms with E-state index in [-0.39, 0.29) is 0 Å². The van der Waals surface area contributed by atoms with Crippen LogP contribution in [0.4, 0.5) is 5.69 Å². The summed E-state index contributed by atoms with van der Waals surface area (Å²) in [5.74, 6) is 0. The molecule has 0 bridgehead atoms. The molecule has 1 aromatic rings. The van der Waals surface area contributed by atoms with E-state index in [1.54, 1.807) is 0 Å². The molecule has 0 saturated heterocycles. The summed E-state index contributed by atoms with van der Waals surface area (Å²) in [6.45, 7) is 12.0. The van der Waals surface area contributed by atoms with Crippen molar-refractivity contribution in [1.29, 1.82) is 0 Å². The van der Waals surface area contributed by atoms with E-state index in [9.17, 15) is 0 Å². The van der Waals surface area contributed by atoms with Crippen molar-refractivity contribution in [3.05, 3.63) is 35.9 Å². The van der Waals surface area contributed by atoms with E-state index >= 15 is 0 Å². The third-order valence-corrected chi connectivity index (χ3v) is 2.75. The number of para-hydroxylation sites is 1. The molecule has 0 heterocycles. The molecule has 0 aliphatic heterocycles. The molecule has 0 aliphatic carbocycles. The van der Waals surface area contributed by atoms with Crippen molar-refractivity contribution < 1.29 is 5.11 Å². The maximum Gasteiger partial charge on any atom is 0.0420 e. The molecule has 1 rings (SSSR count). The molecule has 21 heavy (non-hydrogen) atoms. The fourth-order valence-electron chi connectivity index (χ4n) is 1.50. The predicted octanol–water partition coefficient (Wildman–Crippen LogP) is 2.62.